The van der Waals surface area contributed by atoms with Crippen LogP contribution in [0.15, 0.2) is 18.5 Å². The highest BCUT2D eigenvalue weighted by atomic mass is 19.3. The first-order chi connectivity index (χ1) is 18.5. The molecule has 39 heavy (non-hydrogen) atoms. The van der Waals surface area contributed by atoms with Crippen molar-refractivity contribution in [1.29, 1.82) is 0 Å². The third-order valence-electron chi connectivity index (χ3n) is 7.74. The lowest BCUT2D eigenvalue weighted by Gasteiger charge is -2.33. The normalized spacial score (nSPS) is 25.8. The van der Waals surface area contributed by atoms with Crippen molar-refractivity contribution in [2.24, 2.45) is 11.8 Å². The lowest BCUT2D eigenvalue weighted by Crippen LogP contribution is -2.38. The van der Waals surface area contributed by atoms with E-state index in [9.17, 15) is 27.2 Å². The molecule has 0 bridgehead atoms. The van der Waals surface area contributed by atoms with Gasteiger partial charge in [-0.05, 0) is 31.7 Å². The number of alkyl carbamates (subject to hydrolysis) is 1. The number of aromatic nitrogens is 3. The third kappa shape index (κ3) is 6.04. The molecule has 3 aliphatic rings. The van der Waals surface area contributed by atoms with E-state index >= 15 is 0 Å². The van der Waals surface area contributed by atoms with Gasteiger partial charge >= 0.3 is 12.1 Å². The van der Waals surface area contributed by atoms with Crippen LogP contribution in [-0.4, -0.2) is 76.4 Å². The van der Waals surface area contributed by atoms with Crippen LogP contribution in [0.1, 0.15) is 62.4 Å². The van der Waals surface area contributed by atoms with Gasteiger partial charge in [-0.1, -0.05) is 0 Å². The zero-order valence-corrected chi connectivity index (χ0v) is 21.7. The number of urea groups is 1. The quantitative estimate of drug-likeness (QED) is 0.451. The largest absolute Gasteiger partial charge is 0.449 e. The number of carbonyl (C=O) groups is 2. The summed E-state index contributed by atoms with van der Waals surface area (Å²) in [6.07, 6.45) is 1.60. The third-order valence-corrected chi connectivity index (χ3v) is 7.74. The number of nitrogens with one attached hydrogen (secondary N) is 2. The van der Waals surface area contributed by atoms with E-state index < -0.39 is 42.5 Å². The minimum absolute atomic E-state index is 0.0211. The summed E-state index contributed by atoms with van der Waals surface area (Å²) >= 11 is 0. The van der Waals surface area contributed by atoms with Gasteiger partial charge in [0.1, 0.15) is 6.61 Å². The maximum atomic E-state index is 13.9. The maximum Gasteiger partial charge on any atom is 0.407 e. The molecule has 2 N–H and O–H groups in total. The molecule has 3 heterocycles. The van der Waals surface area contributed by atoms with E-state index in [4.69, 9.17) is 9.47 Å². The molecule has 4 atom stereocenters. The average Bonchev–Trinajstić information content (AvgIpc) is 3.15. The summed E-state index contributed by atoms with van der Waals surface area (Å²) in [6, 6.07) is 0.332. The van der Waals surface area contributed by atoms with Gasteiger partial charge < -0.3 is 25.0 Å². The summed E-state index contributed by atoms with van der Waals surface area (Å²) in [5.41, 5.74) is 1.51. The fourth-order valence-corrected chi connectivity index (χ4v) is 5.38. The van der Waals surface area contributed by atoms with Crippen molar-refractivity contribution in [3.8, 4) is 0 Å². The molecular weight excluding hydrogens is 524 g/mol. The maximum absolute atomic E-state index is 13.9. The molecule has 2 saturated carbocycles. The highest BCUT2D eigenvalue weighted by molar-refractivity contribution is 5.77. The van der Waals surface area contributed by atoms with Crippen LogP contribution in [0.3, 0.4) is 0 Å². The molecule has 0 aromatic carbocycles. The van der Waals surface area contributed by atoms with Gasteiger partial charge in [-0.15, -0.1) is 0 Å². The Labute approximate surface area is 222 Å². The number of halogens is 4. The summed E-state index contributed by atoms with van der Waals surface area (Å²) in [4.78, 5) is 31.3. The zero-order chi connectivity index (χ0) is 27.9. The van der Waals surface area contributed by atoms with Crippen molar-refractivity contribution in [2.45, 2.75) is 69.0 Å². The zero-order valence-electron chi connectivity index (χ0n) is 21.7. The fourth-order valence-electron chi connectivity index (χ4n) is 5.38. The first-order valence-electron chi connectivity index (χ1n) is 13.1. The van der Waals surface area contributed by atoms with Crippen LogP contribution in [0, 0.1) is 11.8 Å². The summed E-state index contributed by atoms with van der Waals surface area (Å²) in [6.45, 7) is 2.20. The lowest BCUT2D eigenvalue weighted by molar-refractivity contribution is -0.0497. The molecule has 2 aliphatic carbocycles. The number of hydrogen-bond donors (Lipinski definition) is 2. The van der Waals surface area contributed by atoms with Crippen molar-refractivity contribution < 1.29 is 36.6 Å². The van der Waals surface area contributed by atoms with Crippen molar-refractivity contribution in [3.05, 3.63) is 29.7 Å². The van der Waals surface area contributed by atoms with Crippen LogP contribution in [0.4, 0.5) is 27.2 Å². The lowest BCUT2D eigenvalue weighted by atomic mass is 9.81. The number of amides is 3. The molecule has 5 rings (SSSR count). The van der Waals surface area contributed by atoms with Crippen LogP contribution in [0.25, 0.3) is 5.65 Å². The van der Waals surface area contributed by atoms with E-state index in [1.807, 2.05) is 6.92 Å². The Kier molecular flexibility index (Phi) is 7.33. The molecule has 2 aromatic rings. The van der Waals surface area contributed by atoms with Crippen LogP contribution in [0.5, 0.6) is 0 Å². The predicted molar refractivity (Wildman–Crippen MR) is 129 cm³/mol. The highest BCUT2D eigenvalue weighted by Gasteiger charge is 2.57. The minimum Gasteiger partial charge on any atom is -0.449 e. The number of fused-ring (bicyclic) bond motifs is 1. The van der Waals surface area contributed by atoms with Gasteiger partial charge in [0.05, 0.1) is 42.7 Å². The SMILES string of the molecule is COC[C@H](c1cnn2cc([C@@H](NC(=O)OCC3CC3(F)F)C3CCC(F)(F)CC3)nc2c1)N1C[C@@H](C)NC1=O. The second kappa shape index (κ2) is 10.4. The van der Waals surface area contributed by atoms with Crippen LogP contribution in [0.2, 0.25) is 0 Å². The van der Waals surface area contributed by atoms with Crippen LogP contribution >= 0.6 is 0 Å². The smallest absolute Gasteiger partial charge is 0.407 e. The van der Waals surface area contributed by atoms with Gasteiger partial charge in [0.2, 0.25) is 5.92 Å². The van der Waals surface area contributed by atoms with Gasteiger partial charge in [0, 0.05) is 44.5 Å². The Morgan fingerprint density at radius 1 is 1.28 bits per heavy atom. The Bertz CT molecular complexity index is 1220. The fraction of sp³-hybridized carbons (Fsp3) is 0.680. The van der Waals surface area contributed by atoms with Crippen molar-refractivity contribution in [2.75, 3.05) is 26.9 Å². The Morgan fingerprint density at radius 3 is 2.62 bits per heavy atom. The summed E-state index contributed by atoms with van der Waals surface area (Å²) in [7, 11) is 1.54. The number of alkyl halides is 4. The second-order valence-corrected chi connectivity index (χ2v) is 10.8. The molecule has 2 aromatic heterocycles. The number of carbonyl (C=O) groups excluding carboxylic acids is 2. The molecule has 14 heteroatoms. The van der Waals surface area contributed by atoms with Gasteiger partial charge in [-0.2, -0.15) is 5.10 Å². The molecule has 1 unspecified atom stereocenters. The molecule has 214 valence electrons. The Balaban J connectivity index is 1.38. The number of methoxy groups -OCH3 is 1. The molecule has 3 fully saturated rings. The van der Waals surface area contributed by atoms with Crippen LogP contribution in [-0.2, 0) is 9.47 Å². The molecule has 3 amide bonds. The van der Waals surface area contributed by atoms with Crippen LogP contribution < -0.4 is 10.6 Å². The topological polar surface area (TPSA) is 110 Å². The van der Waals surface area contributed by atoms with E-state index in [2.05, 4.69) is 20.7 Å². The van der Waals surface area contributed by atoms with E-state index in [0.717, 1.165) is 0 Å². The minimum atomic E-state index is -2.83. The van der Waals surface area contributed by atoms with E-state index in [-0.39, 0.29) is 56.7 Å². The van der Waals surface area contributed by atoms with Crippen molar-refractivity contribution in [1.82, 2.24) is 30.1 Å². The van der Waals surface area contributed by atoms with E-state index in [1.54, 1.807) is 23.4 Å². The monoisotopic (exact) mass is 556 g/mol. The predicted octanol–water partition coefficient (Wildman–Crippen LogP) is 4.08. The second-order valence-electron chi connectivity index (χ2n) is 10.8. The Morgan fingerprint density at radius 2 is 2.00 bits per heavy atom. The van der Waals surface area contributed by atoms with Gasteiger partial charge in [0.15, 0.2) is 5.65 Å². The Hall–Kier alpha value is -3.16. The van der Waals surface area contributed by atoms with Crippen molar-refractivity contribution in [3.63, 3.8) is 0 Å². The molecular formula is C25H32F4N6O4. The number of ether oxygens (including phenoxy) is 2. The standard InChI is InChI=1S/C25H32F4N6O4/c1-14-10-34(22(36)31-14)19(13-38-2)16-7-20-32-18(11-35(20)30-9-16)21(15-3-5-24(26,27)6-4-15)33-23(37)39-12-17-8-25(17,28)29/h7,9,11,14-15,17,19,21H,3-6,8,10,12-13H2,1-2H3,(H,31,36)(H,33,37)/t14-,17?,19-,21+/m1/s1. The number of hydrogen-bond acceptors (Lipinski definition) is 6. The number of imidazole rings is 1. The average molecular weight is 557 g/mol. The molecule has 1 aliphatic heterocycles. The summed E-state index contributed by atoms with van der Waals surface area (Å²) < 4.78 is 66.0. The number of nitrogens with zero attached hydrogens (tertiary/aromatic N) is 4. The molecule has 0 spiro atoms. The molecule has 0 radical (unpaired) electrons. The molecule has 1 saturated heterocycles. The summed E-state index contributed by atoms with van der Waals surface area (Å²) in [5, 5.41) is 9.97. The van der Waals surface area contributed by atoms with E-state index in [0.29, 0.717) is 23.4 Å². The first kappa shape index (κ1) is 27.4. The molecule has 10 nitrogen and oxygen atoms in total. The highest BCUT2D eigenvalue weighted by Crippen LogP contribution is 2.48. The van der Waals surface area contributed by atoms with Gasteiger partial charge in [-0.25, -0.2) is 36.7 Å². The number of rotatable bonds is 9. The van der Waals surface area contributed by atoms with Crippen molar-refractivity contribution >= 4 is 17.8 Å². The van der Waals surface area contributed by atoms with Gasteiger partial charge in [-0.3, -0.25) is 0 Å². The summed E-state index contributed by atoms with van der Waals surface area (Å²) in [5.74, 6) is -6.97. The van der Waals surface area contributed by atoms with Gasteiger partial charge in [0.25, 0.3) is 5.92 Å². The first-order valence-corrected chi connectivity index (χ1v) is 13.1. The van der Waals surface area contributed by atoms with E-state index in [1.165, 1.54) is 11.6 Å².